The van der Waals surface area contributed by atoms with Crippen molar-refractivity contribution in [3.63, 3.8) is 0 Å². The van der Waals surface area contributed by atoms with E-state index in [1.54, 1.807) is 23.1 Å². The second-order valence-electron chi connectivity index (χ2n) is 5.90. The Bertz CT molecular complexity index is 588. The van der Waals surface area contributed by atoms with Gasteiger partial charge in [0.05, 0.1) is 0 Å². The molecule has 23 heavy (non-hydrogen) atoms. The number of benzene rings is 1. The summed E-state index contributed by atoms with van der Waals surface area (Å²) in [5.41, 5.74) is 0. The first-order chi connectivity index (χ1) is 11.1. The van der Waals surface area contributed by atoms with E-state index in [2.05, 4.69) is 0 Å². The van der Waals surface area contributed by atoms with E-state index >= 15 is 0 Å². The van der Waals surface area contributed by atoms with E-state index in [4.69, 9.17) is 14.2 Å². The minimum atomic E-state index is -0.837. The molecule has 0 N–H and O–H groups in total. The number of rotatable bonds is 3. The molecule has 2 atom stereocenters. The number of amides is 1. The number of fused-ring (bicyclic) bond motifs is 1. The van der Waals surface area contributed by atoms with Crippen LogP contribution in [-0.2, 0) is 14.3 Å². The van der Waals surface area contributed by atoms with Gasteiger partial charge in [-0.05, 0) is 38.3 Å². The predicted octanol–water partition coefficient (Wildman–Crippen LogP) is 1.77. The van der Waals surface area contributed by atoms with Crippen LogP contribution >= 0.6 is 0 Å². The van der Waals surface area contributed by atoms with Crippen molar-refractivity contribution >= 4 is 11.9 Å². The van der Waals surface area contributed by atoms with Crippen LogP contribution in [0.15, 0.2) is 24.3 Å². The highest BCUT2D eigenvalue weighted by Gasteiger charge is 2.30. The SMILES string of the molecule is C[C@H]1CCCCN1C(=O)COC(=O)[C@H]1COc2ccccc2O1. The smallest absolute Gasteiger partial charge is 0.351 e. The molecule has 0 bridgehead atoms. The molecular weight excluding hydrogens is 298 g/mol. The summed E-state index contributed by atoms with van der Waals surface area (Å²) in [6, 6.07) is 7.35. The molecule has 3 rings (SSSR count). The standard InChI is InChI=1S/C17H21NO5/c1-12-6-4-5-9-18(12)16(19)11-22-17(20)15-10-21-13-7-2-3-8-14(13)23-15/h2-3,7-8,12,15H,4-6,9-11H2,1H3/t12-,15+/m0/s1. The van der Waals surface area contributed by atoms with Crippen molar-refractivity contribution in [3.05, 3.63) is 24.3 Å². The minimum absolute atomic E-state index is 0.0875. The third-order valence-electron chi connectivity index (χ3n) is 4.23. The van der Waals surface area contributed by atoms with Crippen molar-refractivity contribution < 1.29 is 23.8 Å². The fourth-order valence-electron chi connectivity index (χ4n) is 2.91. The van der Waals surface area contributed by atoms with Gasteiger partial charge in [-0.2, -0.15) is 0 Å². The van der Waals surface area contributed by atoms with Gasteiger partial charge in [-0.1, -0.05) is 12.1 Å². The number of likely N-dealkylation sites (tertiary alicyclic amines) is 1. The average molecular weight is 319 g/mol. The second kappa shape index (κ2) is 6.89. The summed E-state index contributed by atoms with van der Waals surface area (Å²) >= 11 is 0. The molecule has 2 aliphatic rings. The molecule has 0 aromatic heterocycles. The molecule has 1 fully saturated rings. The second-order valence-corrected chi connectivity index (χ2v) is 5.90. The van der Waals surface area contributed by atoms with Gasteiger partial charge >= 0.3 is 5.97 Å². The molecule has 6 heteroatoms. The lowest BCUT2D eigenvalue weighted by Crippen LogP contribution is -2.45. The Kier molecular flexibility index (Phi) is 4.69. The summed E-state index contributed by atoms with van der Waals surface area (Å²) < 4.78 is 16.2. The first kappa shape index (κ1) is 15.6. The topological polar surface area (TPSA) is 65.1 Å². The van der Waals surface area contributed by atoms with E-state index in [9.17, 15) is 9.59 Å². The van der Waals surface area contributed by atoms with Crippen LogP contribution in [0.1, 0.15) is 26.2 Å². The van der Waals surface area contributed by atoms with Gasteiger partial charge in [0.25, 0.3) is 5.91 Å². The molecule has 0 unspecified atom stereocenters. The first-order valence-electron chi connectivity index (χ1n) is 8.00. The third-order valence-corrected chi connectivity index (χ3v) is 4.23. The van der Waals surface area contributed by atoms with E-state index in [0.29, 0.717) is 11.5 Å². The Hall–Kier alpha value is -2.24. The molecular formula is C17H21NO5. The molecule has 1 saturated heterocycles. The lowest BCUT2D eigenvalue weighted by Gasteiger charge is -2.33. The van der Waals surface area contributed by atoms with Gasteiger partial charge in [0, 0.05) is 12.6 Å². The van der Waals surface area contributed by atoms with Crippen LogP contribution in [0, 0.1) is 0 Å². The zero-order chi connectivity index (χ0) is 16.2. The summed E-state index contributed by atoms with van der Waals surface area (Å²) in [4.78, 5) is 26.0. The summed E-state index contributed by atoms with van der Waals surface area (Å²) in [6.07, 6.45) is 2.30. The van der Waals surface area contributed by atoms with Crippen LogP contribution in [0.4, 0.5) is 0 Å². The number of carbonyl (C=O) groups is 2. The van der Waals surface area contributed by atoms with Crippen LogP contribution in [-0.4, -0.2) is 48.7 Å². The summed E-state index contributed by atoms with van der Waals surface area (Å²) in [5.74, 6) is 0.395. The van der Waals surface area contributed by atoms with Crippen molar-refractivity contribution in [1.29, 1.82) is 0 Å². The number of ether oxygens (including phenoxy) is 3. The predicted molar refractivity (Wildman–Crippen MR) is 82.3 cm³/mol. The van der Waals surface area contributed by atoms with E-state index in [0.717, 1.165) is 25.8 Å². The number of nitrogens with zero attached hydrogens (tertiary/aromatic N) is 1. The third kappa shape index (κ3) is 3.57. The fourth-order valence-corrected chi connectivity index (χ4v) is 2.91. The van der Waals surface area contributed by atoms with E-state index in [-0.39, 0.29) is 25.2 Å². The molecule has 6 nitrogen and oxygen atoms in total. The lowest BCUT2D eigenvalue weighted by atomic mass is 10.0. The molecule has 2 heterocycles. The first-order valence-corrected chi connectivity index (χ1v) is 8.00. The van der Waals surface area contributed by atoms with Crippen LogP contribution in [0.25, 0.3) is 0 Å². The largest absolute Gasteiger partial charge is 0.485 e. The monoisotopic (exact) mass is 319 g/mol. The van der Waals surface area contributed by atoms with Crippen molar-refractivity contribution in [2.75, 3.05) is 19.8 Å². The molecule has 1 amide bonds. The van der Waals surface area contributed by atoms with Gasteiger partial charge in [0.1, 0.15) is 6.61 Å². The maximum Gasteiger partial charge on any atom is 0.351 e. The lowest BCUT2D eigenvalue weighted by molar-refractivity contribution is -0.161. The number of carbonyl (C=O) groups excluding carboxylic acids is 2. The molecule has 1 aromatic carbocycles. The minimum Gasteiger partial charge on any atom is -0.485 e. The summed E-state index contributed by atoms with van der Waals surface area (Å²) in [7, 11) is 0. The summed E-state index contributed by atoms with van der Waals surface area (Å²) in [5, 5.41) is 0. The highest BCUT2D eigenvalue weighted by molar-refractivity contribution is 5.82. The van der Waals surface area contributed by atoms with Gasteiger partial charge in [-0.3, -0.25) is 4.79 Å². The van der Waals surface area contributed by atoms with Gasteiger partial charge in [-0.15, -0.1) is 0 Å². The Morgan fingerprint density at radius 1 is 1.26 bits per heavy atom. The van der Waals surface area contributed by atoms with Gasteiger partial charge in [-0.25, -0.2) is 4.79 Å². The maximum absolute atomic E-state index is 12.2. The molecule has 0 aliphatic carbocycles. The Balaban J connectivity index is 1.51. The summed E-state index contributed by atoms with van der Waals surface area (Å²) in [6.45, 7) is 2.59. The quantitative estimate of drug-likeness (QED) is 0.795. The average Bonchev–Trinajstić information content (AvgIpc) is 2.59. The van der Waals surface area contributed by atoms with Crippen molar-refractivity contribution in [1.82, 2.24) is 4.90 Å². The fraction of sp³-hybridized carbons (Fsp3) is 0.529. The zero-order valence-corrected chi connectivity index (χ0v) is 13.2. The maximum atomic E-state index is 12.2. The number of piperidine rings is 1. The van der Waals surface area contributed by atoms with Gasteiger partial charge < -0.3 is 19.1 Å². The Morgan fingerprint density at radius 3 is 2.83 bits per heavy atom. The zero-order valence-electron chi connectivity index (χ0n) is 13.2. The molecule has 0 spiro atoms. The number of hydrogen-bond donors (Lipinski definition) is 0. The van der Waals surface area contributed by atoms with E-state index in [1.807, 2.05) is 13.0 Å². The molecule has 1 aromatic rings. The van der Waals surface area contributed by atoms with Gasteiger partial charge in [0.2, 0.25) is 6.10 Å². The van der Waals surface area contributed by atoms with Crippen molar-refractivity contribution in [2.45, 2.75) is 38.3 Å². The van der Waals surface area contributed by atoms with Crippen molar-refractivity contribution in [2.24, 2.45) is 0 Å². The molecule has 0 saturated carbocycles. The number of esters is 1. The molecule has 2 aliphatic heterocycles. The van der Waals surface area contributed by atoms with Crippen LogP contribution in [0.5, 0.6) is 11.5 Å². The molecule has 124 valence electrons. The Labute approximate surface area is 135 Å². The number of para-hydroxylation sites is 2. The van der Waals surface area contributed by atoms with Crippen LogP contribution in [0.2, 0.25) is 0 Å². The van der Waals surface area contributed by atoms with Gasteiger partial charge in [0.15, 0.2) is 18.1 Å². The Morgan fingerprint density at radius 2 is 2.04 bits per heavy atom. The normalized spacial score (nSPS) is 23.3. The van der Waals surface area contributed by atoms with E-state index in [1.165, 1.54) is 0 Å². The van der Waals surface area contributed by atoms with E-state index < -0.39 is 12.1 Å². The van der Waals surface area contributed by atoms with Crippen molar-refractivity contribution in [3.8, 4) is 11.5 Å². The highest BCUT2D eigenvalue weighted by Crippen LogP contribution is 2.31. The van der Waals surface area contributed by atoms with Crippen LogP contribution in [0.3, 0.4) is 0 Å². The number of hydrogen-bond acceptors (Lipinski definition) is 5. The van der Waals surface area contributed by atoms with Crippen LogP contribution < -0.4 is 9.47 Å². The molecule has 0 radical (unpaired) electrons. The highest BCUT2D eigenvalue weighted by atomic mass is 16.6.